The summed E-state index contributed by atoms with van der Waals surface area (Å²) in [4.78, 5) is 0. The van der Waals surface area contributed by atoms with Gasteiger partial charge in [-0.2, -0.15) is 5.10 Å². The highest BCUT2D eigenvalue weighted by Crippen LogP contribution is 2.18. The van der Waals surface area contributed by atoms with Crippen molar-refractivity contribution in [1.29, 1.82) is 0 Å². The number of rotatable bonds is 7. The van der Waals surface area contributed by atoms with Crippen molar-refractivity contribution < 1.29 is 13.2 Å². The van der Waals surface area contributed by atoms with Gasteiger partial charge in [-0.05, 0) is 32.7 Å². The second-order valence-corrected chi connectivity index (χ2v) is 6.76. The summed E-state index contributed by atoms with van der Waals surface area (Å²) in [7, 11) is -1.78. The Morgan fingerprint density at radius 2 is 2.30 bits per heavy atom. The largest absolute Gasteiger partial charge is 0.381 e. The van der Waals surface area contributed by atoms with Gasteiger partial charge in [-0.25, -0.2) is 13.1 Å². The van der Waals surface area contributed by atoms with Gasteiger partial charge in [-0.3, -0.25) is 5.10 Å². The summed E-state index contributed by atoms with van der Waals surface area (Å²) < 4.78 is 32.4. The molecule has 1 aliphatic heterocycles. The smallest absolute Gasteiger partial charge is 0.260 e. The molecule has 1 aliphatic rings. The monoisotopic (exact) mass is 302 g/mol. The normalized spacial score (nSPS) is 19.6. The molecular weight excluding hydrogens is 280 g/mol. The third kappa shape index (κ3) is 3.57. The van der Waals surface area contributed by atoms with Crippen molar-refractivity contribution >= 4 is 10.0 Å². The van der Waals surface area contributed by atoms with Gasteiger partial charge >= 0.3 is 0 Å². The molecule has 1 aromatic heterocycles. The van der Waals surface area contributed by atoms with Crippen LogP contribution in [0.25, 0.3) is 0 Å². The van der Waals surface area contributed by atoms with Crippen LogP contribution in [0, 0.1) is 12.8 Å². The Morgan fingerprint density at radius 3 is 2.95 bits per heavy atom. The van der Waals surface area contributed by atoms with E-state index in [4.69, 9.17) is 4.74 Å². The highest BCUT2D eigenvalue weighted by Gasteiger charge is 2.24. The van der Waals surface area contributed by atoms with Crippen LogP contribution in [0.1, 0.15) is 24.1 Å². The molecule has 0 saturated carbocycles. The maximum atomic E-state index is 12.3. The minimum Gasteiger partial charge on any atom is -0.381 e. The van der Waals surface area contributed by atoms with E-state index in [1.54, 1.807) is 7.05 Å². The number of hydrogen-bond acceptors (Lipinski definition) is 5. The predicted octanol–water partition coefficient (Wildman–Crippen LogP) is 0.142. The quantitative estimate of drug-likeness (QED) is 0.666. The zero-order chi connectivity index (χ0) is 14.6. The average Bonchev–Trinajstić information content (AvgIpc) is 3.01. The van der Waals surface area contributed by atoms with Gasteiger partial charge < -0.3 is 10.1 Å². The van der Waals surface area contributed by atoms with Crippen molar-refractivity contribution in [1.82, 2.24) is 20.2 Å². The summed E-state index contributed by atoms with van der Waals surface area (Å²) in [5, 5.41) is 9.69. The van der Waals surface area contributed by atoms with Gasteiger partial charge in [0.05, 0.1) is 0 Å². The minimum absolute atomic E-state index is 0.0898. The molecule has 20 heavy (non-hydrogen) atoms. The number of hydrogen-bond donors (Lipinski definition) is 3. The summed E-state index contributed by atoms with van der Waals surface area (Å²) in [5.74, 6) is 0.454. The summed E-state index contributed by atoms with van der Waals surface area (Å²) in [6, 6.07) is 0. The average molecular weight is 302 g/mol. The fourth-order valence-corrected chi connectivity index (χ4v) is 3.55. The van der Waals surface area contributed by atoms with Crippen molar-refractivity contribution in [2.24, 2.45) is 5.92 Å². The molecule has 1 saturated heterocycles. The van der Waals surface area contributed by atoms with Crippen molar-refractivity contribution in [3.63, 3.8) is 0 Å². The van der Waals surface area contributed by atoms with Gasteiger partial charge in [-0.15, -0.1) is 0 Å². The Hall–Kier alpha value is -0.960. The van der Waals surface area contributed by atoms with E-state index in [-0.39, 0.29) is 5.03 Å². The first-order valence-electron chi connectivity index (χ1n) is 6.80. The van der Waals surface area contributed by atoms with Crippen LogP contribution in [0.15, 0.2) is 5.03 Å². The lowest BCUT2D eigenvalue weighted by molar-refractivity contribution is 0.184. The van der Waals surface area contributed by atoms with Crippen molar-refractivity contribution in [2.75, 3.05) is 26.8 Å². The van der Waals surface area contributed by atoms with Crippen molar-refractivity contribution in [3.05, 3.63) is 11.3 Å². The summed E-state index contributed by atoms with van der Waals surface area (Å²) in [6.07, 6.45) is 1.80. The fourth-order valence-electron chi connectivity index (χ4n) is 2.31. The van der Waals surface area contributed by atoms with Crippen LogP contribution >= 0.6 is 0 Å². The lowest BCUT2D eigenvalue weighted by Crippen LogP contribution is -2.28. The molecular formula is C12H22N4O3S. The molecule has 3 N–H and O–H groups in total. The van der Waals surface area contributed by atoms with E-state index in [1.165, 1.54) is 0 Å². The number of nitrogens with one attached hydrogen (secondary N) is 3. The second-order valence-electron chi connectivity index (χ2n) is 5.08. The second kappa shape index (κ2) is 6.66. The van der Waals surface area contributed by atoms with Crippen LogP contribution < -0.4 is 10.0 Å². The summed E-state index contributed by atoms with van der Waals surface area (Å²) in [5.41, 5.74) is 1.45. The van der Waals surface area contributed by atoms with Crippen LogP contribution in [0.3, 0.4) is 0 Å². The van der Waals surface area contributed by atoms with Crippen LogP contribution in [0.4, 0.5) is 0 Å². The summed E-state index contributed by atoms with van der Waals surface area (Å²) >= 11 is 0. The number of aromatic amines is 1. The highest BCUT2D eigenvalue weighted by molar-refractivity contribution is 7.89. The molecule has 0 spiro atoms. The number of aryl methyl sites for hydroxylation is 1. The number of sulfonamides is 1. The van der Waals surface area contributed by atoms with Gasteiger partial charge in [-0.1, -0.05) is 0 Å². The van der Waals surface area contributed by atoms with Crippen LogP contribution in [-0.4, -0.2) is 45.4 Å². The Labute approximate surface area is 119 Å². The van der Waals surface area contributed by atoms with E-state index in [0.717, 1.165) is 31.7 Å². The molecule has 1 fully saturated rings. The lowest BCUT2D eigenvalue weighted by Gasteiger charge is -2.09. The van der Waals surface area contributed by atoms with E-state index >= 15 is 0 Å². The molecule has 1 aromatic rings. The van der Waals surface area contributed by atoms with Gasteiger partial charge in [0.15, 0.2) is 5.03 Å². The van der Waals surface area contributed by atoms with Crippen molar-refractivity contribution in [2.45, 2.75) is 31.3 Å². The van der Waals surface area contributed by atoms with Crippen LogP contribution in [0.5, 0.6) is 0 Å². The maximum Gasteiger partial charge on any atom is 0.260 e. The number of ether oxygens (including phenoxy) is 1. The molecule has 2 rings (SSSR count). The maximum absolute atomic E-state index is 12.3. The van der Waals surface area contributed by atoms with Crippen LogP contribution in [-0.2, 0) is 21.3 Å². The third-order valence-electron chi connectivity index (χ3n) is 3.51. The van der Waals surface area contributed by atoms with Gasteiger partial charge in [0.25, 0.3) is 10.0 Å². The Morgan fingerprint density at radius 1 is 1.50 bits per heavy atom. The predicted molar refractivity (Wildman–Crippen MR) is 74.8 cm³/mol. The first-order valence-corrected chi connectivity index (χ1v) is 8.28. The van der Waals surface area contributed by atoms with Crippen molar-refractivity contribution in [3.8, 4) is 0 Å². The first kappa shape index (κ1) is 15.4. The molecule has 0 aliphatic carbocycles. The number of nitrogens with zero attached hydrogens (tertiary/aromatic N) is 1. The molecule has 0 aromatic carbocycles. The fraction of sp³-hybridized carbons (Fsp3) is 0.750. The number of H-pyrrole nitrogens is 1. The van der Waals surface area contributed by atoms with E-state index in [0.29, 0.717) is 24.6 Å². The standard InChI is InChI=1S/C12H22N4O3S/c1-9-11(7-13-2)12(16-15-9)20(17,18)14-5-3-10-4-6-19-8-10/h10,13-14H,3-8H2,1-2H3,(H,15,16). The van der Waals surface area contributed by atoms with Gasteiger partial charge in [0, 0.05) is 37.6 Å². The molecule has 8 heteroatoms. The van der Waals surface area contributed by atoms with E-state index in [2.05, 4.69) is 20.2 Å². The first-order chi connectivity index (χ1) is 9.54. The number of aromatic nitrogens is 2. The Bertz CT molecular complexity index is 535. The van der Waals surface area contributed by atoms with Crippen LogP contribution in [0.2, 0.25) is 0 Å². The highest BCUT2D eigenvalue weighted by atomic mass is 32.2. The van der Waals surface area contributed by atoms with E-state index < -0.39 is 10.0 Å². The van der Waals surface area contributed by atoms with E-state index in [1.807, 2.05) is 6.92 Å². The lowest BCUT2D eigenvalue weighted by atomic mass is 10.1. The molecule has 0 bridgehead atoms. The Balaban J connectivity index is 1.98. The molecule has 2 heterocycles. The Kier molecular flexibility index (Phi) is 5.14. The molecule has 1 unspecified atom stereocenters. The zero-order valence-corrected chi connectivity index (χ0v) is 12.7. The van der Waals surface area contributed by atoms with Gasteiger partial charge in [0.2, 0.25) is 0 Å². The molecule has 114 valence electrons. The molecule has 0 amide bonds. The van der Waals surface area contributed by atoms with E-state index in [9.17, 15) is 8.42 Å². The topological polar surface area (TPSA) is 96.1 Å². The minimum atomic E-state index is -3.56. The zero-order valence-electron chi connectivity index (χ0n) is 11.9. The third-order valence-corrected chi connectivity index (χ3v) is 4.94. The molecule has 7 nitrogen and oxygen atoms in total. The SMILES string of the molecule is CNCc1c(S(=O)(=O)NCCC2CCOC2)n[nH]c1C. The molecule has 0 radical (unpaired) electrons. The molecule has 1 atom stereocenters. The van der Waals surface area contributed by atoms with Gasteiger partial charge in [0.1, 0.15) is 0 Å². The summed E-state index contributed by atoms with van der Waals surface area (Å²) in [6.45, 7) is 4.21.